The largest absolute Gasteiger partial charge is 0.393 e. The van der Waals surface area contributed by atoms with E-state index in [4.69, 9.17) is 0 Å². The standard InChI is InChI=1S/C29H52O3/c1-7-20(18(2)3)9-8-19(4)23-10-11-24-22-16-26(31)29(32)17-21(30)12-15-28(29,6)25(22)13-14-27(23,24)5/h18-26,30-32H,7-17H2,1-6H3/t19-,20-,21+,22+,23-,24-,25-,26-,27-,28-,29+/m1/s1. The van der Waals surface area contributed by atoms with Crippen LogP contribution in [0.5, 0.6) is 0 Å². The lowest BCUT2D eigenvalue weighted by molar-refractivity contribution is -0.264. The predicted molar refractivity (Wildman–Crippen MR) is 131 cm³/mol. The van der Waals surface area contributed by atoms with Crippen LogP contribution in [-0.2, 0) is 0 Å². The Balaban J connectivity index is 1.51. The van der Waals surface area contributed by atoms with E-state index in [2.05, 4.69) is 41.5 Å². The van der Waals surface area contributed by atoms with Gasteiger partial charge in [0.05, 0.1) is 17.8 Å². The zero-order chi connectivity index (χ0) is 23.5. The summed E-state index contributed by atoms with van der Waals surface area (Å²) in [4.78, 5) is 0. The highest BCUT2D eigenvalue weighted by Crippen LogP contribution is 2.69. The van der Waals surface area contributed by atoms with Crippen molar-refractivity contribution in [1.29, 1.82) is 0 Å². The van der Waals surface area contributed by atoms with Gasteiger partial charge in [0.25, 0.3) is 0 Å². The first-order valence-electron chi connectivity index (χ1n) is 14.1. The topological polar surface area (TPSA) is 60.7 Å². The van der Waals surface area contributed by atoms with Gasteiger partial charge in [-0.1, -0.05) is 54.4 Å². The van der Waals surface area contributed by atoms with E-state index in [1.54, 1.807) is 0 Å². The van der Waals surface area contributed by atoms with E-state index in [0.717, 1.165) is 42.9 Å². The van der Waals surface area contributed by atoms with Crippen molar-refractivity contribution in [2.45, 2.75) is 130 Å². The van der Waals surface area contributed by atoms with Crippen LogP contribution in [0.2, 0.25) is 0 Å². The number of hydrogen-bond acceptors (Lipinski definition) is 3. The Morgan fingerprint density at radius 3 is 2.28 bits per heavy atom. The van der Waals surface area contributed by atoms with Crippen LogP contribution in [0.25, 0.3) is 0 Å². The van der Waals surface area contributed by atoms with Crippen LogP contribution in [0.1, 0.15) is 112 Å². The number of rotatable bonds is 6. The minimum absolute atomic E-state index is 0.259. The molecule has 0 spiro atoms. The average Bonchev–Trinajstić information content (AvgIpc) is 3.08. The summed E-state index contributed by atoms with van der Waals surface area (Å²) >= 11 is 0. The quantitative estimate of drug-likeness (QED) is 0.454. The molecule has 0 radical (unpaired) electrons. The molecule has 0 bridgehead atoms. The fraction of sp³-hybridized carbons (Fsp3) is 1.00. The second kappa shape index (κ2) is 8.83. The molecule has 3 N–H and O–H groups in total. The molecule has 0 amide bonds. The van der Waals surface area contributed by atoms with Crippen molar-refractivity contribution in [3.05, 3.63) is 0 Å². The molecule has 0 heterocycles. The second-order valence-corrected chi connectivity index (χ2v) is 13.6. The van der Waals surface area contributed by atoms with Gasteiger partial charge in [0, 0.05) is 11.8 Å². The summed E-state index contributed by atoms with van der Waals surface area (Å²) in [5, 5.41) is 33.2. The molecular formula is C29H52O3. The van der Waals surface area contributed by atoms with Gasteiger partial charge in [-0.05, 0) is 98.2 Å². The molecule has 3 nitrogen and oxygen atoms in total. The molecule has 0 aliphatic heterocycles. The van der Waals surface area contributed by atoms with Crippen molar-refractivity contribution in [2.75, 3.05) is 0 Å². The number of fused-ring (bicyclic) bond motifs is 5. The summed E-state index contributed by atoms with van der Waals surface area (Å²) in [5.74, 6) is 4.92. The van der Waals surface area contributed by atoms with E-state index >= 15 is 0 Å². The third-order valence-corrected chi connectivity index (χ3v) is 12.1. The van der Waals surface area contributed by atoms with Gasteiger partial charge in [-0.2, -0.15) is 0 Å². The first kappa shape index (κ1) is 25.0. The Hall–Kier alpha value is -0.120. The van der Waals surface area contributed by atoms with Gasteiger partial charge in [-0.15, -0.1) is 0 Å². The third-order valence-electron chi connectivity index (χ3n) is 12.1. The van der Waals surface area contributed by atoms with E-state index in [-0.39, 0.29) is 5.41 Å². The van der Waals surface area contributed by atoms with Crippen molar-refractivity contribution in [1.82, 2.24) is 0 Å². The van der Waals surface area contributed by atoms with Gasteiger partial charge in [0.15, 0.2) is 0 Å². The van der Waals surface area contributed by atoms with Crippen molar-refractivity contribution >= 4 is 0 Å². The fourth-order valence-corrected chi connectivity index (χ4v) is 9.92. The van der Waals surface area contributed by atoms with Gasteiger partial charge >= 0.3 is 0 Å². The Bertz CT molecular complexity index is 663. The zero-order valence-electron chi connectivity index (χ0n) is 21.8. The minimum Gasteiger partial charge on any atom is -0.393 e. The van der Waals surface area contributed by atoms with Crippen LogP contribution >= 0.6 is 0 Å². The highest BCUT2D eigenvalue weighted by atomic mass is 16.3. The number of aliphatic hydroxyl groups is 3. The summed E-state index contributed by atoms with van der Waals surface area (Å²) < 4.78 is 0. The molecule has 0 aromatic carbocycles. The Kier molecular flexibility index (Phi) is 6.89. The van der Waals surface area contributed by atoms with E-state index in [1.165, 1.54) is 44.9 Å². The van der Waals surface area contributed by atoms with E-state index in [9.17, 15) is 15.3 Å². The van der Waals surface area contributed by atoms with Gasteiger partial charge in [-0.3, -0.25) is 0 Å². The molecule has 0 aromatic heterocycles. The predicted octanol–water partition coefficient (Wildman–Crippen LogP) is 6.19. The summed E-state index contributed by atoms with van der Waals surface area (Å²) in [6, 6.07) is 0. The summed E-state index contributed by atoms with van der Waals surface area (Å²) in [6.45, 7) is 14.5. The molecular weight excluding hydrogens is 396 g/mol. The van der Waals surface area contributed by atoms with Gasteiger partial charge < -0.3 is 15.3 Å². The minimum atomic E-state index is -1.11. The SMILES string of the molecule is CC[C@H](CC[C@@H](C)[C@H]1CC[C@@H]2[C@@H]3C[C@@H](O)[C@@]4(O)C[C@@H](O)CC[C@]4(C)[C@@H]3CC[C@@]21C)C(C)C. The molecule has 4 aliphatic carbocycles. The van der Waals surface area contributed by atoms with Crippen LogP contribution < -0.4 is 0 Å². The summed E-state index contributed by atoms with van der Waals surface area (Å²) in [5.41, 5.74) is -0.984. The number of hydrogen-bond donors (Lipinski definition) is 3. The lowest BCUT2D eigenvalue weighted by Crippen LogP contribution is -2.68. The van der Waals surface area contributed by atoms with Gasteiger partial charge in [0.2, 0.25) is 0 Å². The Morgan fingerprint density at radius 2 is 1.62 bits per heavy atom. The monoisotopic (exact) mass is 448 g/mol. The first-order valence-corrected chi connectivity index (χ1v) is 14.1. The first-order chi connectivity index (χ1) is 15.0. The molecule has 11 atom stereocenters. The lowest BCUT2D eigenvalue weighted by Gasteiger charge is -2.65. The molecule has 4 rings (SSSR count). The van der Waals surface area contributed by atoms with Crippen molar-refractivity contribution in [2.24, 2.45) is 52.3 Å². The van der Waals surface area contributed by atoms with E-state index < -0.39 is 17.8 Å². The maximum Gasteiger partial charge on any atom is 0.0985 e. The summed E-state index contributed by atoms with van der Waals surface area (Å²) in [7, 11) is 0. The Morgan fingerprint density at radius 1 is 0.906 bits per heavy atom. The van der Waals surface area contributed by atoms with Crippen molar-refractivity contribution in [3.8, 4) is 0 Å². The van der Waals surface area contributed by atoms with Gasteiger partial charge in [-0.25, -0.2) is 0 Å². The van der Waals surface area contributed by atoms with Crippen LogP contribution in [0.3, 0.4) is 0 Å². The molecule has 0 aromatic rings. The van der Waals surface area contributed by atoms with E-state index in [0.29, 0.717) is 29.6 Å². The summed E-state index contributed by atoms with van der Waals surface area (Å²) in [6.07, 6.45) is 10.7. The van der Waals surface area contributed by atoms with E-state index in [1.807, 2.05) is 0 Å². The van der Waals surface area contributed by atoms with Crippen LogP contribution in [0.4, 0.5) is 0 Å². The van der Waals surface area contributed by atoms with Gasteiger partial charge in [0.1, 0.15) is 0 Å². The highest BCUT2D eigenvalue weighted by molar-refractivity contribution is 5.17. The second-order valence-electron chi connectivity index (χ2n) is 13.6. The maximum atomic E-state index is 11.7. The Labute approximate surface area is 197 Å². The van der Waals surface area contributed by atoms with Crippen molar-refractivity contribution < 1.29 is 15.3 Å². The molecule has 0 saturated heterocycles. The molecule has 0 unspecified atom stereocenters. The molecule has 3 heteroatoms. The third kappa shape index (κ3) is 3.72. The average molecular weight is 449 g/mol. The lowest BCUT2D eigenvalue weighted by atomic mass is 9.42. The van der Waals surface area contributed by atoms with Crippen LogP contribution in [0, 0.1) is 52.3 Å². The fourth-order valence-electron chi connectivity index (χ4n) is 9.92. The molecule has 4 saturated carbocycles. The highest BCUT2D eigenvalue weighted by Gasteiger charge is 2.67. The molecule has 4 fully saturated rings. The smallest absolute Gasteiger partial charge is 0.0985 e. The number of aliphatic hydroxyl groups excluding tert-OH is 2. The normalized spacial score (nSPS) is 50.4. The molecule has 32 heavy (non-hydrogen) atoms. The van der Waals surface area contributed by atoms with Crippen LogP contribution in [0.15, 0.2) is 0 Å². The maximum absolute atomic E-state index is 11.7. The van der Waals surface area contributed by atoms with Crippen LogP contribution in [-0.4, -0.2) is 33.1 Å². The zero-order valence-corrected chi connectivity index (χ0v) is 21.8. The van der Waals surface area contributed by atoms with Crippen molar-refractivity contribution in [3.63, 3.8) is 0 Å². The molecule has 4 aliphatic rings. The molecule has 186 valence electrons.